The molecule has 2 rings (SSSR count). The van der Waals surface area contributed by atoms with Crippen molar-refractivity contribution in [3.8, 4) is 11.8 Å². The molecule has 108 valence electrons. The lowest BCUT2D eigenvalue weighted by Crippen LogP contribution is -2.23. The first-order valence-electron chi connectivity index (χ1n) is 6.73. The van der Waals surface area contributed by atoms with Crippen LogP contribution in [0.3, 0.4) is 0 Å². The maximum absolute atomic E-state index is 12.1. The van der Waals surface area contributed by atoms with Gasteiger partial charge in [0.05, 0.1) is 18.0 Å². The summed E-state index contributed by atoms with van der Waals surface area (Å²) in [6.07, 6.45) is 0.483. The molecular formula is C17H17NO2S. The highest BCUT2D eigenvalue weighted by Gasteiger charge is 2.08. The topological polar surface area (TPSA) is 49.3 Å². The monoisotopic (exact) mass is 299 g/mol. The van der Waals surface area contributed by atoms with Gasteiger partial charge in [-0.25, -0.2) is 0 Å². The molecule has 0 spiro atoms. The Labute approximate surface area is 128 Å². The van der Waals surface area contributed by atoms with Crippen molar-refractivity contribution in [2.45, 2.75) is 19.9 Å². The summed E-state index contributed by atoms with van der Waals surface area (Å²) in [4.78, 5) is 14.1. The molecule has 0 saturated heterocycles. The molecule has 0 saturated carbocycles. The van der Waals surface area contributed by atoms with Crippen LogP contribution in [0, 0.1) is 18.8 Å². The second-order valence-electron chi connectivity index (χ2n) is 4.54. The number of carbonyl (C=O) groups excluding carboxylic acids is 1. The number of nitrogens with one attached hydrogen (secondary N) is 1. The predicted molar refractivity (Wildman–Crippen MR) is 85.2 cm³/mol. The number of amides is 1. The predicted octanol–water partition coefficient (Wildman–Crippen LogP) is 2.72. The highest BCUT2D eigenvalue weighted by Crippen LogP contribution is 2.15. The van der Waals surface area contributed by atoms with Crippen LogP contribution in [-0.4, -0.2) is 17.6 Å². The van der Waals surface area contributed by atoms with Gasteiger partial charge in [0.25, 0.3) is 5.91 Å². The molecule has 0 radical (unpaired) electrons. The number of hydrogen-bond acceptors (Lipinski definition) is 3. The zero-order valence-corrected chi connectivity index (χ0v) is 12.7. The summed E-state index contributed by atoms with van der Waals surface area (Å²) in [6.45, 7) is 2.51. The van der Waals surface area contributed by atoms with Gasteiger partial charge in [-0.15, -0.1) is 11.3 Å². The molecule has 4 heteroatoms. The van der Waals surface area contributed by atoms with Gasteiger partial charge in [0.1, 0.15) is 0 Å². The lowest BCUT2D eigenvalue weighted by Gasteiger charge is -2.06. The van der Waals surface area contributed by atoms with E-state index in [2.05, 4.69) is 17.2 Å². The van der Waals surface area contributed by atoms with Crippen molar-refractivity contribution in [2.75, 3.05) is 6.61 Å². The van der Waals surface area contributed by atoms with Crippen molar-refractivity contribution < 1.29 is 9.90 Å². The molecule has 0 fully saturated rings. The zero-order chi connectivity index (χ0) is 15.1. The van der Waals surface area contributed by atoms with Crippen LogP contribution in [0.15, 0.2) is 36.4 Å². The van der Waals surface area contributed by atoms with Gasteiger partial charge in [-0.2, -0.15) is 0 Å². The number of rotatable bonds is 4. The SMILES string of the molecule is Cc1ccccc1C(=O)NCc1ccc(C#CCCO)s1. The van der Waals surface area contributed by atoms with Gasteiger partial charge in [0, 0.05) is 16.9 Å². The van der Waals surface area contributed by atoms with E-state index in [4.69, 9.17) is 5.11 Å². The normalized spacial score (nSPS) is 9.81. The Morgan fingerprint density at radius 1 is 1.29 bits per heavy atom. The summed E-state index contributed by atoms with van der Waals surface area (Å²) in [5.74, 6) is 5.82. The van der Waals surface area contributed by atoms with Crippen molar-refractivity contribution in [1.82, 2.24) is 5.32 Å². The second kappa shape index (κ2) is 7.63. The summed E-state index contributed by atoms with van der Waals surface area (Å²) < 4.78 is 0. The van der Waals surface area contributed by atoms with Crippen LogP contribution in [0.5, 0.6) is 0 Å². The minimum absolute atomic E-state index is 0.0607. The summed E-state index contributed by atoms with van der Waals surface area (Å²) >= 11 is 1.55. The molecular weight excluding hydrogens is 282 g/mol. The number of hydrogen-bond donors (Lipinski definition) is 2. The van der Waals surface area contributed by atoms with Crippen molar-refractivity contribution in [2.24, 2.45) is 0 Å². The molecule has 0 aliphatic rings. The fourth-order valence-corrected chi connectivity index (χ4v) is 2.66. The van der Waals surface area contributed by atoms with Gasteiger partial charge in [-0.3, -0.25) is 4.79 Å². The second-order valence-corrected chi connectivity index (χ2v) is 5.71. The van der Waals surface area contributed by atoms with Crippen molar-refractivity contribution in [3.05, 3.63) is 57.3 Å². The van der Waals surface area contributed by atoms with E-state index < -0.39 is 0 Å². The third-order valence-electron chi connectivity index (χ3n) is 2.92. The Kier molecular flexibility index (Phi) is 5.56. The van der Waals surface area contributed by atoms with Crippen LogP contribution < -0.4 is 5.32 Å². The Hall–Kier alpha value is -2.09. The minimum atomic E-state index is -0.0607. The number of benzene rings is 1. The fourth-order valence-electron chi connectivity index (χ4n) is 1.84. The van der Waals surface area contributed by atoms with Crippen LogP contribution >= 0.6 is 11.3 Å². The average molecular weight is 299 g/mol. The lowest BCUT2D eigenvalue weighted by molar-refractivity contribution is 0.0950. The number of thiophene rings is 1. The smallest absolute Gasteiger partial charge is 0.251 e. The first-order valence-corrected chi connectivity index (χ1v) is 7.54. The molecule has 2 aromatic rings. The van der Waals surface area contributed by atoms with Crippen LogP contribution in [0.2, 0.25) is 0 Å². The Morgan fingerprint density at radius 3 is 2.86 bits per heavy atom. The molecule has 0 bridgehead atoms. The molecule has 0 aliphatic heterocycles. The quantitative estimate of drug-likeness (QED) is 0.853. The third-order valence-corrected chi connectivity index (χ3v) is 3.92. The minimum Gasteiger partial charge on any atom is -0.395 e. The first-order chi connectivity index (χ1) is 10.2. The first kappa shape index (κ1) is 15.3. The largest absolute Gasteiger partial charge is 0.395 e. The standard InChI is InChI=1S/C17H17NO2S/c1-13-6-2-3-8-16(13)17(20)18-12-15-10-9-14(21-15)7-4-5-11-19/h2-3,6,8-10,19H,5,11-12H2,1H3,(H,18,20). The molecule has 0 atom stereocenters. The Balaban J connectivity index is 1.93. The highest BCUT2D eigenvalue weighted by atomic mass is 32.1. The van der Waals surface area contributed by atoms with Crippen LogP contribution in [-0.2, 0) is 6.54 Å². The van der Waals surface area contributed by atoms with Gasteiger partial charge in [-0.05, 0) is 30.7 Å². The van der Waals surface area contributed by atoms with E-state index in [-0.39, 0.29) is 12.5 Å². The summed E-state index contributed by atoms with van der Waals surface area (Å²) in [6, 6.07) is 11.4. The van der Waals surface area contributed by atoms with Gasteiger partial charge < -0.3 is 10.4 Å². The van der Waals surface area contributed by atoms with E-state index in [0.29, 0.717) is 18.5 Å². The van der Waals surface area contributed by atoms with E-state index in [1.807, 2.05) is 43.3 Å². The van der Waals surface area contributed by atoms with Gasteiger partial charge in [-0.1, -0.05) is 30.0 Å². The van der Waals surface area contributed by atoms with Gasteiger partial charge >= 0.3 is 0 Å². The number of aliphatic hydroxyl groups excluding tert-OH is 1. The third kappa shape index (κ3) is 4.45. The maximum atomic E-state index is 12.1. The molecule has 2 N–H and O–H groups in total. The number of aliphatic hydroxyl groups is 1. The van der Waals surface area contributed by atoms with E-state index >= 15 is 0 Å². The average Bonchev–Trinajstić information content (AvgIpc) is 2.93. The van der Waals surface area contributed by atoms with E-state index in [1.165, 1.54) is 0 Å². The molecule has 21 heavy (non-hydrogen) atoms. The molecule has 1 aromatic heterocycles. The van der Waals surface area contributed by atoms with Crippen LogP contribution in [0.25, 0.3) is 0 Å². The zero-order valence-electron chi connectivity index (χ0n) is 11.8. The molecule has 1 amide bonds. The van der Waals surface area contributed by atoms with Crippen molar-refractivity contribution in [3.63, 3.8) is 0 Å². The lowest BCUT2D eigenvalue weighted by atomic mass is 10.1. The molecule has 3 nitrogen and oxygen atoms in total. The number of aryl methyl sites for hydroxylation is 1. The Morgan fingerprint density at radius 2 is 2.10 bits per heavy atom. The molecule has 0 aliphatic carbocycles. The van der Waals surface area contributed by atoms with Gasteiger partial charge in [0.2, 0.25) is 0 Å². The van der Waals surface area contributed by atoms with E-state index in [0.717, 1.165) is 15.3 Å². The maximum Gasteiger partial charge on any atom is 0.251 e. The highest BCUT2D eigenvalue weighted by molar-refractivity contribution is 7.12. The van der Waals surface area contributed by atoms with Crippen molar-refractivity contribution >= 4 is 17.2 Å². The van der Waals surface area contributed by atoms with Crippen LogP contribution in [0.1, 0.15) is 32.1 Å². The molecule has 0 unspecified atom stereocenters. The summed E-state index contributed by atoms with van der Waals surface area (Å²) in [5, 5.41) is 11.6. The Bertz CT molecular complexity index is 679. The van der Waals surface area contributed by atoms with Gasteiger partial charge in [0.15, 0.2) is 0 Å². The summed E-state index contributed by atoms with van der Waals surface area (Å²) in [7, 11) is 0. The van der Waals surface area contributed by atoms with Crippen molar-refractivity contribution in [1.29, 1.82) is 0 Å². The number of carbonyl (C=O) groups is 1. The van der Waals surface area contributed by atoms with Crippen LogP contribution in [0.4, 0.5) is 0 Å². The fraction of sp³-hybridized carbons (Fsp3) is 0.235. The van der Waals surface area contributed by atoms with E-state index in [9.17, 15) is 4.79 Å². The van der Waals surface area contributed by atoms with E-state index in [1.54, 1.807) is 11.3 Å². The summed E-state index contributed by atoms with van der Waals surface area (Å²) in [5.41, 5.74) is 1.67. The molecule has 1 aromatic carbocycles. The molecule has 1 heterocycles.